The number of terminal acetylenes is 1. The third kappa shape index (κ3) is 4.21. The van der Waals surface area contributed by atoms with E-state index in [1.165, 1.54) is 10.7 Å². The molecule has 0 aliphatic rings. The van der Waals surface area contributed by atoms with Crippen molar-refractivity contribution < 1.29 is 4.79 Å². The molecule has 0 aliphatic heterocycles. The van der Waals surface area contributed by atoms with Gasteiger partial charge in [-0.3, -0.25) is 18.8 Å². The lowest BCUT2D eigenvalue weighted by atomic mass is 10.0. The molecule has 0 bridgehead atoms. The molecule has 0 radical (unpaired) electrons. The van der Waals surface area contributed by atoms with Crippen molar-refractivity contribution in [2.45, 2.75) is 13.0 Å². The van der Waals surface area contributed by atoms with Gasteiger partial charge in [0.05, 0.1) is 28.2 Å². The summed E-state index contributed by atoms with van der Waals surface area (Å²) in [6.45, 7) is 1.82. The standard InChI is InChI=1S/C30H22ClN7O2/c1-4-19-17-36(3)35-27(19)21-9-5-10-22(14-21)38-25(15-20-8-6-11-24(31)26(20)30(38)40)18(2)34-29(39)23-16-33-37-13-7-12-32-28(23)37/h1,5-18H,2-3H3,(H,34,39)/t18-/m0/s1. The van der Waals surface area contributed by atoms with Gasteiger partial charge in [-0.2, -0.15) is 10.2 Å². The molecule has 0 aliphatic carbocycles. The Morgan fingerprint density at radius 2 is 1.98 bits per heavy atom. The van der Waals surface area contributed by atoms with E-state index in [0.29, 0.717) is 49.6 Å². The number of aryl methyl sites for hydroxylation is 1. The summed E-state index contributed by atoms with van der Waals surface area (Å²) in [4.78, 5) is 31.6. The minimum Gasteiger partial charge on any atom is -0.344 e. The van der Waals surface area contributed by atoms with Crippen LogP contribution in [0.25, 0.3) is 33.4 Å². The number of nitrogens with one attached hydrogen (secondary N) is 1. The Morgan fingerprint density at radius 1 is 1.15 bits per heavy atom. The first-order valence-corrected chi connectivity index (χ1v) is 12.8. The topological polar surface area (TPSA) is 99.1 Å². The van der Waals surface area contributed by atoms with Crippen molar-refractivity contribution in [3.05, 3.63) is 112 Å². The summed E-state index contributed by atoms with van der Waals surface area (Å²) in [6, 6.07) is 15.7. The number of carbonyl (C=O) groups is 1. The first-order chi connectivity index (χ1) is 19.4. The molecule has 0 unspecified atom stereocenters. The van der Waals surface area contributed by atoms with Gasteiger partial charge in [-0.15, -0.1) is 6.42 Å². The Hall–Kier alpha value is -5.20. The van der Waals surface area contributed by atoms with Gasteiger partial charge in [0.25, 0.3) is 11.5 Å². The Balaban J connectivity index is 1.50. The number of pyridine rings is 1. The first-order valence-electron chi connectivity index (χ1n) is 12.4. The second-order valence-electron chi connectivity index (χ2n) is 9.31. The third-order valence-corrected chi connectivity index (χ3v) is 7.02. The van der Waals surface area contributed by atoms with Gasteiger partial charge in [-0.25, -0.2) is 9.50 Å². The number of fused-ring (bicyclic) bond motifs is 2. The molecule has 4 aromatic heterocycles. The summed E-state index contributed by atoms with van der Waals surface area (Å²) in [5.41, 5.74) is 3.59. The maximum Gasteiger partial charge on any atom is 0.264 e. The number of carbonyl (C=O) groups excluding carboxylic acids is 1. The number of halogens is 1. The molecule has 1 atom stereocenters. The molecule has 9 nitrogen and oxygen atoms in total. The zero-order valence-corrected chi connectivity index (χ0v) is 22.3. The Bertz CT molecular complexity index is 2050. The van der Waals surface area contributed by atoms with Gasteiger partial charge in [0, 0.05) is 42.6 Å². The van der Waals surface area contributed by atoms with Gasteiger partial charge < -0.3 is 5.32 Å². The highest BCUT2D eigenvalue weighted by atomic mass is 35.5. The fraction of sp³-hybridized carbons (Fsp3) is 0.100. The summed E-state index contributed by atoms with van der Waals surface area (Å²) in [5.74, 6) is 2.30. The van der Waals surface area contributed by atoms with E-state index in [9.17, 15) is 9.59 Å². The van der Waals surface area contributed by atoms with Gasteiger partial charge in [0.1, 0.15) is 11.3 Å². The Kier molecular flexibility index (Phi) is 6.17. The van der Waals surface area contributed by atoms with Crippen LogP contribution in [0.2, 0.25) is 5.02 Å². The number of benzene rings is 2. The molecule has 0 spiro atoms. The van der Waals surface area contributed by atoms with E-state index in [-0.39, 0.29) is 11.5 Å². The highest BCUT2D eigenvalue weighted by molar-refractivity contribution is 6.35. The SMILES string of the molecule is C#Cc1cn(C)nc1-c1cccc(-n2c([C@H](C)NC(=O)c3cnn4cccnc34)cc3cccc(Cl)c3c2=O)c1. The van der Waals surface area contributed by atoms with E-state index in [1.807, 2.05) is 43.3 Å². The number of nitrogens with zero attached hydrogens (tertiary/aromatic N) is 6. The molecule has 1 amide bonds. The summed E-state index contributed by atoms with van der Waals surface area (Å²) in [5, 5.41) is 13.1. The molecule has 196 valence electrons. The molecule has 6 rings (SSSR count). The molecule has 0 saturated heterocycles. The van der Waals surface area contributed by atoms with Crippen LogP contribution in [0.3, 0.4) is 0 Å². The lowest BCUT2D eigenvalue weighted by Gasteiger charge is -2.21. The average Bonchev–Trinajstić information content (AvgIpc) is 3.56. The molecule has 0 fully saturated rings. The van der Waals surface area contributed by atoms with Crippen LogP contribution in [0.15, 0.2) is 84.2 Å². The normalized spacial score (nSPS) is 11.9. The molecular formula is C30H22ClN7O2. The molecule has 1 N–H and O–H groups in total. The van der Waals surface area contributed by atoms with Gasteiger partial charge in [0.15, 0.2) is 5.65 Å². The van der Waals surface area contributed by atoms with Crippen LogP contribution in [-0.4, -0.2) is 34.9 Å². The van der Waals surface area contributed by atoms with Crippen LogP contribution >= 0.6 is 11.6 Å². The number of aromatic nitrogens is 6. The molecular weight excluding hydrogens is 526 g/mol. The van der Waals surface area contributed by atoms with Crippen molar-refractivity contribution in [3.8, 4) is 29.3 Å². The first kappa shape index (κ1) is 25.1. The summed E-state index contributed by atoms with van der Waals surface area (Å²) < 4.78 is 4.74. The smallest absolute Gasteiger partial charge is 0.264 e. The summed E-state index contributed by atoms with van der Waals surface area (Å²) >= 11 is 6.50. The van der Waals surface area contributed by atoms with Crippen LogP contribution in [0, 0.1) is 12.3 Å². The Labute approximate surface area is 233 Å². The third-order valence-electron chi connectivity index (χ3n) is 6.70. The van der Waals surface area contributed by atoms with E-state index in [1.54, 1.807) is 53.1 Å². The molecule has 40 heavy (non-hydrogen) atoms. The highest BCUT2D eigenvalue weighted by Crippen LogP contribution is 2.28. The molecule has 2 aromatic carbocycles. The van der Waals surface area contributed by atoms with E-state index >= 15 is 0 Å². The number of rotatable bonds is 5. The zero-order valence-electron chi connectivity index (χ0n) is 21.5. The maximum atomic E-state index is 14.0. The van der Waals surface area contributed by atoms with E-state index < -0.39 is 6.04 Å². The second-order valence-corrected chi connectivity index (χ2v) is 9.72. The van der Waals surface area contributed by atoms with Gasteiger partial charge >= 0.3 is 0 Å². The van der Waals surface area contributed by atoms with E-state index in [4.69, 9.17) is 18.0 Å². The number of hydrogen-bond donors (Lipinski definition) is 1. The van der Waals surface area contributed by atoms with Crippen LogP contribution in [0.4, 0.5) is 0 Å². The van der Waals surface area contributed by atoms with Gasteiger partial charge in [-0.1, -0.05) is 41.8 Å². The monoisotopic (exact) mass is 547 g/mol. The van der Waals surface area contributed by atoms with E-state index in [0.717, 1.165) is 5.56 Å². The van der Waals surface area contributed by atoms with Crippen molar-refractivity contribution in [3.63, 3.8) is 0 Å². The molecule has 4 heterocycles. The summed E-state index contributed by atoms with van der Waals surface area (Å²) in [7, 11) is 1.80. The highest BCUT2D eigenvalue weighted by Gasteiger charge is 2.22. The minimum atomic E-state index is -0.581. The number of amides is 1. The van der Waals surface area contributed by atoms with Crippen molar-refractivity contribution in [2.24, 2.45) is 7.05 Å². The van der Waals surface area contributed by atoms with Gasteiger partial charge in [0.2, 0.25) is 0 Å². The molecule has 6 aromatic rings. The molecule has 10 heteroatoms. The van der Waals surface area contributed by atoms with Crippen LogP contribution in [0.5, 0.6) is 0 Å². The van der Waals surface area contributed by atoms with Crippen molar-refractivity contribution >= 4 is 33.9 Å². The predicted molar refractivity (Wildman–Crippen MR) is 154 cm³/mol. The summed E-state index contributed by atoms with van der Waals surface area (Å²) in [6.07, 6.45) is 12.3. The fourth-order valence-corrected chi connectivity index (χ4v) is 5.12. The average molecular weight is 548 g/mol. The lowest BCUT2D eigenvalue weighted by molar-refractivity contribution is 0.0940. The predicted octanol–water partition coefficient (Wildman–Crippen LogP) is 4.56. The Morgan fingerprint density at radius 3 is 2.80 bits per heavy atom. The fourth-order valence-electron chi connectivity index (χ4n) is 4.86. The zero-order chi connectivity index (χ0) is 28.0. The quantitative estimate of drug-likeness (QED) is 0.319. The lowest BCUT2D eigenvalue weighted by Crippen LogP contribution is -2.32. The van der Waals surface area contributed by atoms with Crippen molar-refractivity contribution in [2.75, 3.05) is 0 Å². The van der Waals surface area contributed by atoms with Crippen LogP contribution in [-0.2, 0) is 7.05 Å². The second kappa shape index (κ2) is 9.84. The minimum absolute atomic E-state index is 0.313. The largest absolute Gasteiger partial charge is 0.344 e. The van der Waals surface area contributed by atoms with Crippen molar-refractivity contribution in [1.82, 2.24) is 34.3 Å². The van der Waals surface area contributed by atoms with Crippen LogP contribution in [0.1, 0.15) is 34.6 Å². The molecule has 0 saturated carbocycles. The van der Waals surface area contributed by atoms with E-state index in [2.05, 4.69) is 26.4 Å². The van der Waals surface area contributed by atoms with Crippen molar-refractivity contribution in [1.29, 1.82) is 0 Å². The maximum absolute atomic E-state index is 14.0. The van der Waals surface area contributed by atoms with Gasteiger partial charge in [-0.05, 0) is 42.6 Å². The number of hydrogen-bond acceptors (Lipinski definition) is 5. The van der Waals surface area contributed by atoms with Crippen LogP contribution < -0.4 is 10.9 Å².